The summed E-state index contributed by atoms with van der Waals surface area (Å²) in [7, 11) is 1.82. The minimum atomic E-state index is -0.295. The van der Waals surface area contributed by atoms with Gasteiger partial charge in [0.1, 0.15) is 5.76 Å². The Bertz CT molecular complexity index is 688. The molecule has 2 aromatic heterocycles. The van der Waals surface area contributed by atoms with Gasteiger partial charge >= 0.3 is 0 Å². The molecule has 0 aromatic carbocycles. The molecule has 1 saturated carbocycles. The van der Waals surface area contributed by atoms with Gasteiger partial charge in [-0.15, -0.1) is 12.4 Å². The largest absolute Gasteiger partial charge is 0.440 e. The second kappa shape index (κ2) is 6.72. The molecule has 8 heteroatoms. The fourth-order valence-electron chi connectivity index (χ4n) is 2.99. The minimum Gasteiger partial charge on any atom is -0.440 e. The molecular weight excluding hydrogens is 318 g/mol. The standard InChI is InChI=1S/C15H21N5O2.ClH/c1-10-12(13(21)19-15(9-16)5-3-4-6-15)18-14(22-10)11-7-17-20(2)8-11;/h7-8H,3-6,9,16H2,1-2H3,(H,19,21);1H. The van der Waals surface area contributed by atoms with Gasteiger partial charge in [-0.3, -0.25) is 9.48 Å². The van der Waals surface area contributed by atoms with Gasteiger partial charge in [-0.25, -0.2) is 4.98 Å². The van der Waals surface area contributed by atoms with Gasteiger partial charge in [-0.1, -0.05) is 12.8 Å². The van der Waals surface area contributed by atoms with E-state index in [1.807, 2.05) is 7.05 Å². The highest BCUT2D eigenvalue weighted by Crippen LogP contribution is 2.29. The summed E-state index contributed by atoms with van der Waals surface area (Å²) in [6.45, 7) is 2.19. The van der Waals surface area contributed by atoms with E-state index in [-0.39, 0.29) is 23.9 Å². The van der Waals surface area contributed by atoms with Gasteiger partial charge in [-0.05, 0) is 19.8 Å². The number of halogens is 1. The highest BCUT2D eigenvalue weighted by molar-refractivity contribution is 5.94. The third-order valence-corrected chi connectivity index (χ3v) is 4.29. The smallest absolute Gasteiger partial charge is 0.274 e. The molecule has 0 bridgehead atoms. The molecule has 1 amide bonds. The van der Waals surface area contributed by atoms with Gasteiger partial charge < -0.3 is 15.5 Å². The molecule has 23 heavy (non-hydrogen) atoms. The average Bonchev–Trinajstić information content (AvgIpc) is 3.19. The Hall–Kier alpha value is -1.86. The first-order valence-electron chi connectivity index (χ1n) is 7.52. The molecule has 0 spiro atoms. The van der Waals surface area contributed by atoms with E-state index in [0.29, 0.717) is 23.9 Å². The zero-order valence-corrected chi connectivity index (χ0v) is 14.2. The van der Waals surface area contributed by atoms with Crippen LogP contribution in [0.25, 0.3) is 11.5 Å². The van der Waals surface area contributed by atoms with Crippen LogP contribution in [0.3, 0.4) is 0 Å². The van der Waals surface area contributed by atoms with Crippen molar-refractivity contribution in [2.75, 3.05) is 6.54 Å². The van der Waals surface area contributed by atoms with Crippen LogP contribution in [0.1, 0.15) is 41.9 Å². The maximum absolute atomic E-state index is 12.5. The Kier molecular flexibility index (Phi) is 5.11. The van der Waals surface area contributed by atoms with Crippen molar-refractivity contribution in [3.8, 4) is 11.5 Å². The summed E-state index contributed by atoms with van der Waals surface area (Å²) in [4.78, 5) is 16.9. The number of aryl methyl sites for hydroxylation is 2. The van der Waals surface area contributed by atoms with Crippen LogP contribution in [0.2, 0.25) is 0 Å². The summed E-state index contributed by atoms with van der Waals surface area (Å²) < 4.78 is 7.27. The monoisotopic (exact) mass is 339 g/mol. The SMILES string of the molecule is Cc1oc(-c2cnn(C)c2)nc1C(=O)NC1(CN)CCCC1.Cl. The van der Waals surface area contributed by atoms with Gasteiger partial charge in [0, 0.05) is 19.8 Å². The Balaban J connectivity index is 0.00000192. The Morgan fingerprint density at radius 1 is 1.48 bits per heavy atom. The Morgan fingerprint density at radius 2 is 2.17 bits per heavy atom. The number of carbonyl (C=O) groups excluding carboxylic acids is 1. The Morgan fingerprint density at radius 3 is 2.74 bits per heavy atom. The molecule has 2 heterocycles. The van der Waals surface area contributed by atoms with Crippen molar-refractivity contribution < 1.29 is 9.21 Å². The molecular formula is C15H22ClN5O2. The highest BCUT2D eigenvalue weighted by atomic mass is 35.5. The van der Waals surface area contributed by atoms with Crippen molar-refractivity contribution in [3.05, 3.63) is 23.8 Å². The van der Waals surface area contributed by atoms with Gasteiger partial charge in [0.25, 0.3) is 5.91 Å². The van der Waals surface area contributed by atoms with Crippen LogP contribution in [-0.4, -0.2) is 32.8 Å². The van der Waals surface area contributed by atoms with Crippen LogP contribution in [-0.2, 0) is 7.05 Å². The van der Waals surface area contributed by atoms with Crippen molar-refractivity contribution in [3.63, 3.8) is 0 Å². The molecule has 0 radical (unpaired) electrons. The van der Waals surface area contributed by atoms with E-state index in [2.05, 4.69) is 15.4 Å². The molecule has 0 atom stereocenters. The molecule has 126 valence electrons. The van der Waals surface area contributed by atoms with E-state index in [0.717, 1.165) is 31.2 Å². The van der Waals surface area contributed by atoms with Gasteiger partial charge in [0.2, 0.25) is 5.89 Å². The zero-order chi connectivity index (χ0) is 15.7. The summed E-state index contributed by atoms with van der Waals surface area (Å²) in [5.41, 5.74) is 6.64. The number of oxazole rings is 1. The number of carbonyl (C=O) groups is 1. The van der Waals surface area contributed by atoms with E-state index in [1.165, 1.54) is 0 Å². The van der Waals surface area contributed by atoms with Crippen LogP contribution >= 0.6 is 12.4 Å². The first-order valence-corrected chi connectivity index (χ1v) is 7.52. The van der Waals surface area contributed by atoms with E-state index in [1.54, 1.807) is 24.0 Å². The predicted molar refractivity (Wildman–Crippen MR) is 88.4 cm³/mol. The highest BCUT2D eigenvalue weighted by Gasteiger charge is 2.35. The fraction of sp³-hybridized carbons (Fsp3) is 0.533. The molecule has 1 aliphatic carbocycles. The van der Waals surface area contributed by atoms with Crippen molar-refractivity contribution in [1.29, 1.82) is 0 Å². The lowest BCUT2D eigenvalue weighted by atomic mass is 9.97. The number of amides is 1. The first kappa shape index (κ1) is 17.5. The maximum Gasteiger partial charge on any atom is 0.274 e. The van der Waals surface area contributed by atoms with Crippen molar-refractivity contribution in [2.45, 2.75) is 38.1 Å². The predicted octanol–water partition coefficient (Wildman–Crippen LogP) is 1.81. The van der Waals surface area contributed by atoms with Crippen LogP contribution in [0.5, 0.6) is 0 Å². The number of nitrogens with one attached hydrogen (secondary N) is 1. The molecule has 1 aliphatic rings. The van der Waals surface area contributed by atoms with E-state index in [4.69, 9.17) is 10.2 Å². The van der Waals surface area contributed by atoms with Crippen molar-refractivity contribution in [1.82, 2.24) is 20.1 Å². The van der Waals surface area contributed by atoms with Crippen LogP contribution in [0.4, 0.5) is 0 Å². The summed E-state index contributed by atoms with van der Waals surface area (Å²) in [5.74, 6) is 0.689. The van der Waals surface area contributed by atoms with E-state index in [9.17, 15) is 4.79 Å². The zero-order valence-electron chi connectivity index (χ0n) is 13.3. The molecule has 0 saturated heterocycles. The number of nitrogens with zero attached hydrogens (tertiary/aromatic N) is 3. The second-order valence-electron chi connectivity index (χ2n) is 5.97. The fourth-order valence-corrected chi connectivity index (χ4v) is 2.99. The third kappa shape index (κ3) is 3.40. The van der Waals surface area contributed by atoms with Gasteiger partial charge in [-0.2, -0.15) is 5.10 Å². The molecule has 0 aliphatic heterocycles. The number of hydrogen-bond acceptors (Lipinski definition) is 5. The normalized spacial score (nSPS) is 16.1. The van der Waals surface area contributed by atoms with Gasteiger partial charge in [0.15, 0.2) is 5.69 Å². The van der Waals surface area contributed by atoms with E-state index < -0.39 is 0 Å². The van der Waals surface area contributed by atoms with Crippen molar-refractivity contribution in [2.24, 2.45) is 12.8 Å². The molecule has 7 nitrogen and oxygen atoms in total. The number of rotatable bonds is 4. The first-order chi connectivity index (χ1) is 10.5. The molecule has 3 N–H and O–H groups in total. The molecule has 0 unspecified atom stereocenters. The van der Waals surface area contributed by atoms with Crippen LogP contribution < -0.4 is 11.1 Å². The molecule has 1 fully saturated rings. The lowest BCUT2D eigenvalue weighted by Gasteiger charge is -2.28. The summed E-state index contributed by atoms with van der Waals surface area (Å²) in [6, 6.07) is 0. The van der Waals surface area contributed by atoms with Crippen LogP contribution in [0, 0.1) is 6.92 Å². The average molecular weight is 340 g/mol. The van der Waals surface area contributed by atoms with Crippen molar-refractivity contribution >= 4 is 18.3 Å². The van der Waals surface area contributed by atoms with Crippen LogP contribution in [0.15, 0.2) is 16.8 Å². The second-order valence-corrected chi connectivity index (χ2v) is 5.97. The summed E-state index contributed by atoms with van der Waals surface area (Å²) in [5, 5.41) is 7.15. The van der Waals surface area contributed by atoms with E-state index >= 15 is 0 Å². The topological polar surface area (TPSA) is 99.0 Å². The van der Waals surface area contributed by atoms with Gasteiger partial charge in [0.05, 0.1) is 17.3 Å². The third-order valence-electron chi connectivity index (χ3n) is 4.29. The quantitative estimate of drug-likeness (QED) is 0.885. The number of nitrogens with two attached hydrogens (primary N) is 1. The summed E-state index contributed by atoms with van der Waals surface area (Å²) >= 11 is 0. The lowest BCUT2D eigenvalue weighted by molar-refractivity contribution is 0.0897. The Labute approximate surface area is 141 Å². The number of aromatic nitrogens is 3. The summed E-state index contributed by atoms with van der Waals surface area (Å²) in [6.07, 6.45) is 7.48. The molecule has 3 rings (SSSR count). The minimum absolute atomic E-state index is 0. The maximum atomic E-state index is 12.5. The number of hydrogen-bond donors (Lipinski definition) is 2. The lowest BCUT2D eigenvalue weighted by Crippen LogP contribution is -2.51. The molecule has 2 aromatic rings.